The van der Waals surface area contributed by atoms with Gasteiger partial charge in [0.15, 0.2) is 16.8 Å². The molecule has 8 rings (SSSR count). The van der Waals surface area contributed by atoms with Crippen LogP contribution in [0, 0.1) is 59.8 Å². The fourth-order valence-corrected chi connectivity index (χ4v) is 10.5. The van der Waals surface area contributed by atoms with Crippen LogP contribution >= 0.6 is 22.7 Å². The number of aromatic nitrogens is 5. The van der Waals surface area contributed by atoms with Crippen molar-refractivity contribution in [3.05, 3.63) is 117 Å². The summed E-state index contributed by atoms with van der Waals surface area (Å²) < 4.78 is 27.8. The maximum Gasteiger partial charge on any atom is 0.238 e. The molecule has 17 heteroatoms. The van der Waals surface area contributed by atoms with E-state index in [1.54, 1.807) is 22.9 Å². The molecule has 0 radical (unpaired) electrons. The second kappa shape index (κ2) is 16.0. The minimum absolute atomic E-state index is 0.00167. The number of hydrogen-bond donors (Lipinski definition) is 3. The monoisotopic (exact) mass is 894 g/mol. The van der Waals surface area contributed by atoms with Crippen LogP contribution < -0.4 is 21.1 Å². The molecule has 0 spiro atoms. The van der Waals surface area contributed by atoms with Crippen LogP contribution in [0.4, 0.5) is 45.3 Å². The number of nitriles is 1. The van der Waals surface area contributed by atoms with Crippen LogP contribution in [0.2, 0.25) is 0 Å². The molecule has 0 amide bonds. The number of sulfonamides is 1. The zero-order chi connectivity index (χ0) is 45.3. The van der Waals surface area contributed by atoms with Crippen molar-refractivity contribution in [1.82, 2.24) is 24.7 Å². The Labute approximate surface area is 374 Å². The highest BCUT2D eigenvalue weighted by Gasteiger charge is 2.30. The van der Waals surface area contributed by atoms with Gasteiger partial charge in [-0.1, -0.05) is 78.8 Å². The van der Waals surface area contributed by atoms with Crippen molar-refractivity contribution in [3.8, 4) is 11.2 Å². The fraction of sp³-hybridized carbons (Fsp3) is 0.239. The third-order valence-corrected chi connectivity index (χ3v) is 13.5. The molecule has 0 atom stereocenters. The van der Waals surface area contributed by atoms with Crippen LogP contribution in [0.3, 0.4) is 0 Å². The summed E-state index contributed by atoms with van der Waals surface area (Å²) in [4.78, 5) is 17.2. The lowest BCUT2D eigenvalue weighted by atomic mass is 9.90. The molecule has 0 aliphatic carbocycles. The Bertz CT molecular complexity index is 3300. The van der Waals surface area contributed by atoms with Gasteiger partial charge in [0.25, 0.3) is 0 Å². The molecule has 4 heterocycles. The third kappa shape index (κ3) is 8.25. The molecule has 14 nitrogen and oxygen atoms in total. The van der Waals surface area contributed by atoms with Gasteiger partial charge >= 0.3 is 0 Å². The number of primary sulfonamides is 1. The van der Waals surface area contributed by atoms with E-state index in [1.165, 1.54) is 28.7 Å². The molecule has 0 aliphatic rings. The van der Waals surface area contributed by atoms with Crippen molar-refractivity contribution >= 4 is 98.5 Å². The summed E-state index contributed by atoms with van der Waals surface area (Å²) in [5.74, 6) is 1.17. The number of nitrogens with one attached hydrogen (secondary N) is 1. The molecular formula is C46H46N12O2S3. The predicted octanol–water partition coefficient (Wildman–Crippen LogP) is 11.7. The average molecular weight is 895 g/mol. The summed E-state index contributed by atoms with van der Waals surface area (Å²) in [7, 11) is -3.95. The van der Waals surface area contributed by atoms with Gasteiger partial charge in [-0.3, -0.25) is 4.90 Å². The number of benzene rings is 4. The SMILES string of the molecule is Cc1cc(C)c(Nc2nc(N(c3nc4ccc(S(N)(=O)=O)cc4s3)c3c(C)cc(C)cc3C)cc(C)c2N=Nc2c(C#N)c(C(C)(C)C)nn2-c2nc3ccc(N)cc3s2)c(C)c1. The summed E-state index contributed by atoms with van der Waals surface area (Å²) in [6.45, 7) is 20.2. The highest BCUT2D eigenvalue weighted by atomic mass is 32.2. The number of fused-ring (bicyclic) bond motifs is 2. The Balaban J connectivity index is 1.37. The Hall–Kier alpha value is -6.58. The molecule has 0 aliphatic heterocycles. The number of thiazole rings is 2. The molecule has 0 saturated carbocycles. The van der Waals surface area contributed by atoms with Crippen molar-refractivity contribution in [2.45, 2.75) is 79.5 Å². The van der Waals surface area contributed by atoms with Crippen molar-refractivity contribution in [3.63, 3.8) is 0 Å². The van der Waals surface area contributed by atoms with E-state index in [9.17, 15) is 13.7 Å². The van der Waals surface area contributed by atoms with Crippen LogP contribution in [0.15, 0.2) is 81.9 Å². The first-order chi connectivity index (χ1) is 29.7. The highest BCUT2D eigenvalue weighted by molar-refractivity contribution is 7.89. The third-order valence-electron chi connectivity index (χ3n) is 10.6. The second-order valence-corrected chi connectivity index (χ2v) is 20.5. The zero-order valence-electron chi connectivity index (χ0n) is 36.6. The van der Waals surface area contributed by atoms with Gasteiger partial charge < -0.3 is 11.1 Å². The van der Waals surface area contributed by atoms with Gasteiger partial charge in [0, 0.05) is 16.8 Å². The first kappa shape index (κ1) is 43.1. The molecular weight excluding hydrogens is 849 g/mol. The van der Waals surface area contributed by atoms with E-state index < -0.39 is 15.4 Å². The lowest BCUT2D eigenvalue weighted by Crippen LogP contribution is -2.15. The number of azo groups is 1. The topological polar surface area (TPSA) is 206 Å². The molecule has 8 aromatic rings. The lowest BCUT2D eigenvalue weighted by molar-refractivity contribution is 0.559. The van der Waals surface area contributed by atoms with E-state index in [-0.39, 0.29) is 16.3 Å². The standard InChI is InChI=1S/C46H46N12O2S3/c1-23-15-25(3)38(26(4)16-23)53-42-39(54-55-43-32(22-47)41(46(8,9)10)56-58(43)45-51-33-13-11-30(48)20-35(33)62-45)27(5)19-37(52-42)57(40-28(6)17-24(2)18-29(40)7)44-50-34-14-12-31(63(49,59)60)21-36(34)61-44/h11-21H,48H2,1-10H3,(H,52,53)(H2,49,59,60). The van der Waals surface area contributed by atoms with Gasteiger partial charge in [0.2, 0.25) is 15.2 Å². The van der Waals surface area contributed by atoms with Gasteiger partial charge in [-0.25, -0.2) is 28.5 Å². The highest BCUT2D eigenvalue weighted by Crippen LogP contribution is 2.46. The maximum atomic E-state index is 12.4. The molecule has 0 unspecified atom stereocenters. The van der Waals surface area contributed by atoms with Crippen molar-refractivity contribution in [2.24, 2.45) is 15.4 Å². The van der Waals surface area contributed by atoms with E-state index in [0.717, 1.165) is 60.5 Å². The molecule has 320 valence electrons. The molecule has 0 bridgehead atoms. The van der Waals surface area contributed by atoms with Crippen molar-refractivity contribution in [2.75, 3.05) is 16.0 Å². The number of pyridine rings is 1. The second-order valence-electron chi connectivity index (χ2n) is 16.9. The van der Waals surface area contributed by atoms with Crippen molar-refractivity contribution < 1.29 is 8.42 Å². The number of nitrogens with zero attached hydrogens (tertiary/aromatic N) is 9. The van der Waals surface area contributed by atoms with Crippen LogP contribution in [0.25, 0.3) is 25.6 Å². The molecule has 5 N–H and O–H groups in total. The lowest BCUT2D eigenvalue weighted by Gasteiger charge is -2.27. The van der Waals surface area contributed by atoms with Gasteiger partial charge in [0.05, 0.1) is 36.7 Å². The molecule has 63 heavy (non-hydrogen) atoms. The number of hydrogen-bond acceptors (Lipinski definition) is 14. The van der Waals surface area contributed by atoms with E-state index >= 15 is 0 Å². The van der Waals surface area contributed by atoms with Crippen LogP contribution in [-0.4, -0.2) is 33.2 Å². The van der Waals surface area contributed by atoms with E-state index in [4.69, 9.17) is 41.2 Å². The number of aryl methyl sites for hydroxylation is 7. The summed E-state index contributed by atoms with van der Waals surface area (Å²) >= 11 is 2.72. The largest absolute Gasteiger partial charge is 0.399 e. The van der Waals surface area contributed by atoms with E-state index in [1.807, 2.05) is 78.5 Å². The molecule has 4 aromatic heterocycles. The number of nitrogens with two attached hydrogens (primary N) is 2. The minimum atomic E-state index is -3.95. The Kier molecular flexibility index (Phi) is 10.9. The Morgan fingerprint density at radius 3 is 2.03 bits per heavy atom. The molecule has 0 fully saturated rings. The van der Waals surface area contributed by atoms with Crippen LogP contribution in [-0.2, 0) is 15.4 Å². The van der Waals surface area contributed by atoms with Crippen LogP contribution in [0.1, 0.15) is 71.0 Å². The maximum absolute atomic E-state index is 12.4. The number of anilines is 6. The number of nitrogen functional groups attached to an aromatic ring is 1. The van der Waals surface area contributed by atoms with Gasteiger partial charge in [0.1, 0.15) is 23.1 Å². The number of rotatable bonds is 9. The molecule has 0 saturated heterocycles. The summed E-state index contributed by atoms with van der Waals surface area (Å²) in [5.41, 5.74) is 17.5. The zero-order valence-corrected chi connectivity index (χ0v) is 39.0. The predicted molar refractivity (Wildman–Crippen MR) is 255 cm³/mol. The summed E-state index contributed by atoms with van der Waals surface area (Å²) in [6.07, 6.45) is 0. The summed E-state index contributed by atoms with van der Waals surface area (Å²) in [5, 5.41) is 35.6. The van der Waals surface area contributed by atoms with Crippen LogP contribution in [0.5, 0.6) is 0 Å². The molecule has 4 aromatic carbocycles. The van der Waals surface area contributed by atoms with E-state index in [2.05, 4.69) is 49.5 Å². The first-order valence-electron chi connectivity index (χ1n) is 20.0. The average Bonchev–Trinajstić information content (AvgIpc) is 3.91. The Morgan fingerprint density at radius 1 is 0.778 bits per heavy atom. The van der Waals surface area contributed by atoms with Gasteiger partial charge in [-0.05, 0) is 119 Å². The summed E-state index contributed by atoms with van der Waals surface area (Å²) in [6, 6.07) is 22.9. The fourth-order valence-electron chi connectivity index (χ4n) is 7.85. The Morgan fingerprint density at radius 2 is 1.40 bits per heavy atom. The van der Waals surface area contributed by atoms with Gasteiger partial charge in [-0.2, -0.15) is 15.0 Å². The van der Waals surface area contributed by atoms with E-state index in [0.29, 0.717) is 49.2 Å². The van der Waals surface area contributed by atoms with Crippen molar-refractivity contribution in [1.29, 1.82) is 5.26 Å². The smallest absolute Gasteiger partial charge is 0.238 e. The normalized spacial score (nSPS) is 12.2. The van der Waals surface area contributed by atoms with Gasteiger partial charge in [-0.15, -0.1) is 10.2 Å². The minimum Gasteiger partial charge on any atom is -0.399 e. The first-order valence-corrected chi connectivity index (χ1v) is 23.2. The quantitative estimate of drug-likeness (QED) is 0.0922.